The lowest BCUT2D eigenvalue weighted by atomic mass is 10.0. The van der Waals surface area contributed by atoms with E-state index < -0.39 is 11.4 Å². The van der Waals surface area contributed by atoms with Gasteiger partial charge in [-0.15, -0.1) is 0 Å². The minimum absolute atomic E-state index is 0.0141. The van der Waals surface area contributed by atoms with Gasteiger partial charge in [0.2, 0.25) is 11.3 Å². The maximum absolute atomic E-state index is 13.2. The minimum atomic E-state index is -1.29. The number of carboxylic acids is 1. The van der Waals surface area contributed by atoms with Crippen LogP contribution in [0.25, 0.3) is 16.6 Å². The molecule has 1 fully saturated rings. The van der Waals surface area contributed by atoms with Gasteiger partial charge < -0.3 is 24.0 Å². The number of ether oxygens (including phenoxy) is 2. The van der Waals surface area contributed by atoms with Crippen molar-refractivity contribution < 1.29 is 19.4 Å². The van der Waals surface area contributed by atoms with Crippen molar-refractivity contribution in [3.8, 4) is 11.6 Å². The van der Waals surface area contributed by atoms with Gasteiger partial charge in [0.25, 0.3) is 0 Å². The number of aromatic carboxylic acids is 1. The summed E-state index contributed by atoms with van der Waals surface area (Å²) < 4.78 is 13.3. The van der Waals surface area contributed by atoms with Crippen molar-refractivity contribution >= 4 is 45.8 Å². The molecule has 200 valence electrons. The number of anilines is 1. The Kier molecular flexibility index (Phi) is 6.93. The third-order valence-corrected chi connectivity index (χ3v) is 7.96. The molecule has 10 heteroatoms. The van der Waals surface area contributed by atoms with Crippen LogP contribution in [0, 0.1) is 0 Å². The first-order valence-corrected chi connectivity index (χ1v) is 13.5. The van der Waals surface area contributed by atoms with Crippen molar-refractivity contribution in [2.45, 2.75) is 31.9 Å². The van der Waals surface area contributed by atoms with Gasteiger partial charge in [0.05, 0.1) is 35.5 Å². The highest BCUT2D eigenvalue weighted by molar-refractivity contribution is 6.34. The maximum atomic E-state index is 13.2. The number of pyridine rings is 2. The van der Waals surface area contributed by atoms with Crippen molar-refractivity contribution in [3.63, 3.8) is 0 Å². The summed E-state index contributed by atoms with van der Waals surface area (Å²) in [6, 6.07) is 12.9. The molecule has 4 heterocycles. The topological polar surface area (TPSA) is 93.9 Å². The molecule has 1 atom stereocenters. The normalized spacial score (nSPS) is 16.9. The molecular formula is C29H25Cl2N3O5. The molecule has 6 rings (SSSR count). The van der Waals surface area contributed by atoms with E-state index >= 15 is 0 Å². The van der Waals surface area contributed by atoms with Crippen LogP contribution in [0.1, 0.15) is 34.3 Å². The average Bonchev–Trinajstić information content (AvgIpc) is 3.40. The molecule has 0 spiro atoms. The molecule has 0 amide bonds. The van der Waals surface area contributed by atoms with Crippen LogP contribution in [0.3, 0.4) is 0 Å². The number of aromatic nitrogens is 2. The number of carboxylic acid groups (broad SMARTS) is 1. The van der Waals surface area contributed by atoms with E-state index in [1.165, 1.54) is 6.20 Å². The lowest BCUT2D eigenvalue weighted by Crippen LogP contribution is -2.34. The Labute approximate surface area is 234 Å². The Balaban J connectivity index is 1.44. The summed E-state index contributed by atoms with van der Waals surface area (Å²) in [5.41, 5.74) is 3.46. The fraction of sp³-hybridized carbons (Fsp3) is 0.276. The molecule has 2 aromatic carbocycles. The SMILES string of the molecule is O=C(O)c1cn(-c2ccc3c(c2)CCOC3)c2cc(N3CCC[C@@H]3COc3ncccc3Cl)c(Cl)cc2c1=O. The van der Waals surface area contributed by atoms with Crippen LogP contribution in [0.15, 0.2) is 59.7 Å². The van der Waals surface area contributed by atoms with Gasteiger partial charge in [-0.05, 0) is 66.8 Å². The fourth-order valence-corrected chi connectivity index (χ4v) is 5.85. The molecule has 39 heavy (non-hydrogen) atoms. The number of hydrogen-bond donors (Lipinski definition) is 1. The number of halogens is 2. The highest BCUT2D eigenvalue weighted by Gasteiger charge is 2.29. The lowest BCUT2D eigenvalue weighted by Gasteiger charge is -2.28. The van der Waals surface area contributed by atoms with Crippen molar-refractivity contribution in [1.29, 1.82) is 0 Å². The average molecular weight is 566 g/mol. The number of rotatable bonds is 6. The summed E-state index contributed by atoms with van der Waals surface area (Å²) in [5, 5.41) is 10.9. The van der Waals surface area contributed by atoms with Crippen LogP contribution < -0.4 is 15.1 Å². The second-order valence-corrected chi connectivity index (χ2v) is 10.5. The van der Waals surface area contributed by atoms with E-state index in [9.17, 15) is 14.7 Å². The lowest BCUT2D eigenvalue weighted by molar-refractivity contribution is 0.0695. The molecule has 0 bridgehead atoms. The second kappa shape index (κ2) is 10.5. The van der Waals surface area contributed by atoms with Gasteiger partial charge >= 0.3 is 5.97 Å². The molecule has 2 aliphatic rings. The number of hydrogen-bond acceptors (Lipinski definition) is 6. The van der Waals surface area contributed by atoms with Gasteiger partial charge in [-0.2, -0.15) is 0 Å². The second-order valence-electron chi connectivity index (χ2n) is 9.71. The van der Waals surface area contributed by atoms with Crippen LogP contribution in [0.2, 0.25) is 10.0 Å². The van der Waals surface area contributed by atoms with Gasteiger partial charge in [0, 0.05) is 30.0 Å². The highest BCUT2D eigenvalue weighted by atomic mass is 35.5. The third-order valence-electron chi connectivity index (χ3n) is 7.37. The molecule has 1 saturated heterocycles. The molecular weight excluding hydrogens is 541 g/mol. The molecule has 0 unspecified atom stereocenters. The maximum Gasteiger partial charge on any atom is 0.341 e. The van der Waals surface area contributed by atoms with E-state index in [-0.39, 0.29) is 17.0 Å². The molecule has 0 saturated carbocycles. The minimum Gasteiger partial charge on any atom is -0.477 e. The van der Waals surface area contributed by atoms with Crippen LogP contribution >= 0.6 is 23.2 Å². The number of benzene rings is 2. The molecule has 1 N–H and O–H groups in total. The van der Waals surface area contributed by atoms with Crippen molar-refractivity contribution in [2.24, 2.45) is 0 Å². The van der Waals surface area contributed by atoms with Crippen molar-refractivity contribution in [1.82, 2.24) is 9.55 Å². The Hall–Kier alpha value is -3.59. The quantitative estimate of drug-likeness (QED) is 0.329. The Morgan fingerprint density at radius 3 is 2.85 bits per heavy atom. The Morgan fingerprint density at radius 1 is 1.15 bits per heavy atom. The zero-order chi connectivity index (χ0) is 27.1. The largest absolute Gasteiger partial charge is 0.477 e. The van der Waals surface area contributed by atoms with Gasteiger partial charge in [-0.1, -0.05) is 29.3 Å². The standard InChI is InChI=1S/C29H25Cl2N3O5/c30-23-4-1-8-32-28(23)39-16-20-3-2-9-33(20)26-13-25-21(12-24(26)31)27(35)22(29(36)37)14-34(25)19-6-5-18-15-38-10-7-17(18)11-19/h1,4-6,8,11-14,20H,2-3,7,9-10,15-16H2,(H,36,37)/t20-/m1/s1. The summed E-state index contributed by atoms with van der Waals surface area (Å²) in [6.07, 6.45) is 5.62. The smallest absolute Gasteiger partial charge is 0.341 e. The van der Waals surface area contributed by atoms with Crippen molar-refractivity contribution in [2.75, 3.05) is 24.7 Å². The van der Waals surface area contributed by atoms with Gasteiger partial charge in [-0.3, -0.25) is 4.79 Å². The predicted octanol–water partition coefficient (Wildman–Crippen LogP) is 5.51. The Morgan fingerprint density at radius 2 is 2.03 bits per heavy atom. The fourth-order valence-electron chi connectivity index (χ4n) is 5.40. The zero-order valence-corrected chi connectivity index (χ0v) is 22.4. The van der Waals surface area contributed by atoms with E-state index in [0.29, 0.717) is 41.3 Å². The van der Waals surface area contributed by atoms with Crippen molar-refractivity contribution in [3.05, 3.63) is 91.8 Å². The summed E-state index contributed by atoms with van der Waals surface area (Å²) in [7, 11) is 0. The van der Waals surface area contributed by atoms with Crippen LogP contribution in [-0.4, -0.2) is 46.4 Å². The zero-order valence-electron chi connectivity index (χ0n) is 20.9. The van der Waals surface area contributed by atoms with Crippen LogP contribution in [0.4, 0.5) is 5.69 Å². The van der Waals surface area contributed by atoms with Crippen LogP contribution in [-0.2, 0) is 17.8 Å². The predicted molar refractivity (Wildman–Crippen MR) is 150 cm³/mol. The van der Waals surface area contributed by atoms with Crippen LogP contribution in [0.5, 0.6) is 5.88 Å². The van der Waals surface area contributed by atoms with E-state index in [0.717, 1.165) is 48.3 Å². The third kappa shape index (κ3) is 4.84. The molecule has 4 aromatic rings. The molecule has 8 nitrogen and oxygen atoms in total. The number of fused-ring (bicyclic) bond motifs is 2. The van der Waals surface area contributed by atoms with Gasteiger partial charge in [0.1, 0.15) is 17.2 Å². The Bertz CT molecular complexity index is 1650. The first-order valence-electron chi connectivity index (χ1n) is 12.7. The summed E-state index contributed by atoms with van der Waals surface area (Å²) in [4.78, 5) is 31.6. The highest BCUT2D eigenvalue weighted by Crippen LogP contribution is 2.36. The summed E-state index contributed by atoms with van der Waals surface area (Å²) in [5.74, 6) is -0.907. The number of nitrogens with zero attached hydrogens (tertiary/aromatic N) is 3. The van der Waals surface area contributed by atoms with E-state index in [1.54, 1.807) is 29.0 Å². The van der Waals surface area contributed by atoms with E-state index in [4.69, 9.17) is 32.7 Å². The summed E-state index contributed by atoms with van der Waals surface area (Å²) >= 11 is 13.0. The molecule has 0 radical (unpaired) electrons. The first kappa shape index (κ1) is 25.7. The van der Waals surface area contributed by atoms with E-state index in [2.05, 4.69) is 9.88 Å². The first-order chi connectivity index (χ1) is 18.9. The van der Waals surface area contributed by atoms with Gasteiger partial charge in [0.15, 0.2) is 0 Å². The van der Waals surface area contributed by atoms with E-state index in [1.807, 2.05) is 24.3 Å². The molecule has 2 aromatic heterocycles. The molecule has 0 aliphatic carbocycles. The molecule has 2 aliphatic heterocycles. The van der Waals surface area contributed by atoms with Gasteiger partial charge in [-0.25, -0.2) is 9.78 Å². The summed E-state index contributed by atoms with van der Waals surface area (Å²) in [6.45, 7) is 2.29. The monoisotopic (exact) mass is 565 g/mol. The number of carbonyl (C=O) groups is 1.